The van der Waals surface area contributed by atoms with E-state index in [1.54, 1.807) is 18.6 Å². The molecule has 0 radical (unpaired) electrons. The molecule has 0 aliphatic heterocycles. The van der Waals surface area contributed by atoms with Crippen molar-refractivity contribution in [3.8, 4) is 11.3 Å². The molecule has 3 rings (SSSR count). The second-order valence-corrected chi connectivity index (χ2v) is 5.16. The maximum Gasteiger partial charge on any atom is 0.0867 e. The van der Waals surface area contributed by atoms with Gasteiger partial charge in [0.15, 0.2) is 0 Å². The van der Waals surface area contributed by atoms with Gasteiger partial charge in [-0.2, -0.15) is 5.10 Å². The Hall–Kier alpha value is -2.17. The lowest BCUT2D eigenvalue weighted by Gasteiger charge is -2.12. The number of hydrogen-bond donors (Lipinski definition) is 2. The number of aromatic nitrogens is 3. The van der Waals surface area contributed by atoms with Gasteiger partial charge in [-0.25, -0.2) is 0 Å². The molecule has 0 aliphatic carbocycles. The lowest BCUT2D eigenvalue weighted by Crippen LogP contribution is -2.03. The minimum absolute atomic E-state index is 0.417. The predicted octanol–water partition coefficient (Wildman–Crippen LogP) is 3.40. The van der Waals surface area contributed by atoms with Crippen LogP contribution in [0.25, 0.3) is 11.3 Å². The van der Waals surface area contributed by atoms with Crippen LogP contribution in [0.3, 0.4) is 0 Å². The summed E-state index contributed by atoms with van der Waals surface area (Å²) in [7, 11) is 0. The number of hydrogen-bond acceptors (Lipinski definition) is 3. The van der Waals surface area contributed by atoms with Crippen LogP contribution in [0.1, 0.15) is 17.2 Å². The lowest BCUT2D eigenvalue weighted by atomic mass is 9.99. The highest BCUT2D eigenvalue weighted by Crippen LogP contribution is 2.29. The van der Waals surface area contributed by atoms with Gasteiger partial charge in [0.2, 0.25) is 0 Å². The molecule has 0 spiro atoms. The molecular weight excluding hydrogens is 286 g/mol. The molecule has 2 heterocycles. The van der Waals surface area contributed by atoms with E-state index in [1.165, 1.54) is 0 Å². The van der Waals surface area contributed by atoms with E-state index in [0.717, 1.165) is 22.4 Å². The van der Waals surface area contributed by atoms with Gasteiger partial charge in [-0.3, -0.25) is 10.1 Å². The van der Waals surface area contributed by atoms with Gasteiger partial charge < -0.3 is 5.11 Å². The van der Waals surface area contributed by atoms with Gasteiger partial charge in [0.05, 0.1) is 23.0 Å². The van der Waals surface area contributed by atoms with Gasteiger partial charge in [-0.15, -0.1) is 0 Å². The summed E-state index contributed by atoms with van der Waals surface area (Å²) in [6.07, 6.45) is 4.64. The largest absolute Gasteiger partial charge is 0.388 e. The van der Waals surface area contributed by atoms with Crippen molar-refractivity contribution >= 4 is 11.6 Å². The quantitative estimate of drug-likeness (QED) is 0.776. The number of pyridine rings is 1. The second kappa shape index (κ2) is 6.08. The van der Waals surface area contributed by atoms with E-state index in [9.17, 15) is 5.11 Å². The van der Waals surface area contributed by atoms with Gasteiger partial charge in [-0.05, 0) is 17.2 Å². The maximum absolute atomic E-state index is 10.5. The molecular formula is C16H14ClN3O. The van der Waals surface area contributed by atoms with Crippen LogP contribution in [-0.4, -0.2) is 20.3 Å². The number of aliphatic hydroxyl groups excluding tert-OH is 1. The number of benzene rings is 1. The SMILES string of the molecule is OC(Cc1ccncc1Cl)c1cn[nH]c1-c1ccccc1. The first-order valence-corrected chi connectivity index (χ1v) is 6.98. The zero-order valence-electron chi connectivity index (χ0n) is 11.2. The van der Waals surface area contributed by atoms with Crippen molar-refractivity contribution in [1.82, 2.24) is 15.2 Å². The van der Waals surface area contributed by atoms with E-state index in [4.69, 9.17) is 11.6 Å². The monoisotopic (exact) mass is 299 g/mol. The maximum atomic E-state index is 10.5. The van der Waals surface area contributed by atoms with E-state index in [-0.39, 0.29) is 0 Å². The number of nitrogens with zero attached hydrogens (tertiary/aromatic N) is 2. The summed E-state index contributed by atoms with van der Waals surface area (Å²) in [5, 5.41) is 18.0. The van der Waals surface area contributed by atoms with E-state index < -0.39 is 6.10 Å². The van der Waals surface area contributed by atoms with Crippen molar-refractivity contribution in [3.63, 3.8) is 0 Å². The molecule has 0 saturated carbocycles. The predicted molar refractivity (Wildman–Crippen MR) is 81.9 cm³/mol. The first kappa shape index (κ1) is 13.8. The lowest BCUT2D eigenvalue weighted by molar-refractivity contribution is 0.179. The first-order chi connectivity index (χ1) is 10.3. The number of nitrogens with one attached hydrogen (secondary N) is 1. The number of aromatic amines is 1. The van der Waals surface area contributed by atoms with Crippen molar-refractivity contribution in [2.45, 2.75) is 12.5 Å². The van der Waals surface area contributed by atoms with E-state index in [0.29, 0.717) is 11.4 Å². The van der Waals surface area contributed by atoms with Crippen molar-refractivity contribution in [1.29, 1.82) is 0 Å². The third kappa shape index (κ3) is 2.96. The summed E-state index contributed by atoms with van der Waals surface area (Å²) in [6.45, 7) is 0. The summed E-state index contributed by atoms with van der Waals surface area (Å²) < 4.78 is 0. The van der Waals surface area contributed by atoms with Crippen molar-refractivity contribution in [2.75, 3.05) is 0 Å². The molecule has 106 valence electrons. The average Bonchev–Trinajstić information content (AvgIpc) is 3.00. The molecule has 2 aromatic heterocycles. The van der Waals surface area contributed by atoms with Crippen LogP contribution < -0.4 is 0 Å². The smallest absolute Gasteiger partial charge is 0.0867 e. The minimum atomic E-state index is -0.682. The number of halogens is 1. The Balaban J connectivity index is 1.88. The molecule has 2 N–H and O–H groups in total. The molecule has 3 aromatic rings. The average molecular weight is 300 g/mol. The van der Waals surface area contributed by atoms with Gasteiger partial charge in [0.1, 0.15) is 0 Å². The highest BCUT2D eigenvalue weighted by Gasteiger charge is 2.17. The van der Waals surface area contributed by atoms with Crippen LogP contribution in [0.5, 0.6) is 0 Å². The molecule has 0 saturated heterocycles. The number of H-pyrrole nitrogens is 1. The minimum Gasteiger partial charge on any atom is -0.388 e. The molecule has 1 unspecified atom stereocenters. The Labute approximate surface area is 127 Å². The zero-order valence-corrected chi connectivity index (χ0v) is 12.0. The molecule has 1 aromatic carbocycles. The molecule has 21 heavy (non-hydrogen) atoms. The third-order valence-electron chi connectivity index (χ3n) is 3.36. The second-order valence-electron chi connectivity index (χ2n) is 4.75. The zero-order chi connectivity index (χ0) is 14.7. The Morgan fingerprint density at radius 2 is 1.95 bits per heavy atom. The number of rotatable bonds is 4. The van der Waals surface area contributed by atoms with Crippen molar-refractivity contribution in [3.05, 3.63) is 71.1 Å². The van der Waals surface area contributed by atoms with Crippen LogP contribution in [0, 0.1) is 0 Å². The van der Waals surface area contributed by atoms with E-state index in [2.05, 4.69) is 15.2 Å². The summed E-state index contributed by atoms with van der Waals surface area (Å²) >= 11 is 6.09. The molecule has 4 nitrogen and oxygen atoms in total. The molecule has 1 atom stereocenters. The van der Waals surface area contributed by atoms with Gasteiger partial charge in [0, 0.05) is 24.4 Å². The Kier molecular flexibility index (Phi) is 3.99. The molecule has 5 heteroatoms. The standard InChI is InChI=1S/C16H14ClN3O/c17-14-10-18-7-6-12(14)8-15(21)13-9-19-20-16(13)11-4-2-1-3-5-11/h1-7,9-10,15,21H,8H2,(H,19,20). The first-order valence-electron chi connectivity index (χ1n) is 6.61. The Morgan fingerprint density at radius 1 is 1.14 bits per heavy atom. The van der Waals surface area contributed by atoms with Crippen LogP contribution in [0.15, 0.2) is 55.0 Å². The third-order valence-corrected chi connectivity index (χ3v) is 3.70. The summed E-state index contributed by atoms with van der Waals surface area (Å²) in [6, 6.07) is 11.6. The van der Waals surface area contributed by atoms with Crippen LogP contribution >= 0.6 is 11.6 Å². The van der Waals surface area contributed by atoms with Gasteiger partial charge in [0.25, 0.3) is 0 Å². The summed E-state index contributed by atoms with van der Waals surface area (Å²) in [5.41, 5.74) is 3.44. The van der Waals surface area contributed by atoms with Crippen LogP contribution in [0.2, 0.25) is 5.02 Å². The fraction of sp³-hybridized carbons (Fsp3) is 0.125. The number of aliphatic hydroxyl groups is 1. The summed E-state index contributed by atoms with van der Waals surface area (Å²) in [5.74, 6) is 0. The highest BCUT2D eigenvalue weighted by atomic mass is 35.5. The molecule has 0 amide bonds. The Morgan fingerprint density at radius 3 is 2.71 bits per heavy atom. The van der Waals surface area contributed by atoms with Crippen LogP contribution in [0.4, 0.5) is 0 Å². The fourth-order valence-corrected chi connectivity index (χ4v) is 2.47. The molecule has 0 fully saturated rings. The normalized spacial score (nSPS) is 12.3. The highest BCUT2D eigenvalue weighted by molar-refractivity contribution is 6.31. The topological polar surface area (TPSA) is 61.8 Å². The van der Waals surface area contributed by atoms with Crippen LogP contribution in [-0.2, 0) is 6.42 Å². The molecule has 0 aliphatic rings. The summed E-state index contributed by atoms with van der Waals surface area (Å²) in [4.78, 5) is 3.95. The van der Waals surface area contributed by atoms with Crippen molar-refractivity contribution in [2.24, 2.45) is 0 Å². The fourth-order valence-electron chi connectivity index (χ4n) is 2.27. The molecule has 0 bridgehead atoms. The Bertz CT molecular complexity index is 727. The van der Waals surface area contributed by atoms with Gasteiger partial charge >= 0.3 is 0 Å². The van der Waals surface area contributed by atoms with Gasteiger partial charge in [-0.1, -0.05) is 41.9 Å². The van der Waals surface area contributed by atoms with E-state index >= 15 is 0 Å². The van der Waals surface area contributed by atoms with Crippen molar-refractivity contribution < 1.29 is 5.11 Å². The van der Waals surface area contributed by atoms with E-state index in [1.807, 2.05) is 36.4 Å².